The first-order valence-electron chi connectivity index (χ1n) is 11.0. The van der Waals surface area contributed by atoms with Gasteiger partial charge < -0.3 is 18.9 Å². The lowest BCUT2D eigenvalue weighted by atomic mass is 10.1. The minimum atomic E-state index is -0.567. The highest BCUT2D eigenvalue weighted by Crippen LogP contribution is 2.21. The van der Waals surface area contributed by atoms with Crippen molar-refractivity contribution in [2.75, 3.05) is 13.2 Å². The first-order chi connectivity index (χ1) is 17.5. The summed E-state index contributed by atoms with van der Waals surface area (Å²) in [7, 11) is 0. The molecule has 3 aromatic carbocycles. The summed E-state index contributed by atoms with van der Waals surface area (Å²) in [5, 5.41) is 8.83. The van der Waals surface area contributed by atoms with Crippen LogP contribution in [0.3, 0.4) is 0 Å². The second-order valence-electron chi connectivity index (χ2n) is 7.39. The summed E-state index contributed by atoms with van der Waals surface area (Å²) in [4.78, 5) is 35.6. The highest BCUT2D eigenvalue weighted by molar-refractivity contribution is 5.92. The minimum absolute atomic E-state index is 0.282. The van der Waals surface area contributed by atoms with Gasteiger partial charge in [-0.3, -0.25) is 0 Å². The Balaban J connectivity index is 1.44. The van der Waals surface area contributed by atoms with Gasteiger partial charge in [-0.25, -0.2) is 14.4 Å². The summed E-state index contributed by atoms with van der Waals surface area (Å²) in [6, 6.07) is 20.7. The van der Waals surface area contributed by atoms with Crippen LogP contribution in [0.25, 0.3) is 0 Å². The molecular formula is C28H23NO7. The monoisotopic (exact) mass is 485 g/mol. The molecule has 0 atom stereocenters. The second kappa shape index (κ2) is 13.1. The molecule has 0 aliphatic heterocycles. The molecule has 0 saturated carbocycles. The number of unbranched alkanes of at least 4 members (excludes halogenated alkanes) is 1. The van der Waals surface area contributed by atoms with E-state index in [-0.39, 0.29) is 11.5 Å². The molecule has 0 spiro atoms. The highest BCUT2D eigenvalue weighted by atomic mass is 16.5. The number of nitrogens with zero attached hydrogens (tertiary/aromatic N) is 1. The lowest BCUT2D eigenvalue weighted by molar-refractivity contribution is -0.137. The zero-order valence-corrected chi connectivity index (χ0v) is 19.3. The predicted molar refractivity (Wildman–Crippen MR) is 130 cm³/mol. The normalized spacial score (nSPS) is 9.97. The van der Waals surface area contributed by atoms with Crippen molar-refractivity contribution in [1.82, 2.24) is 0 Å². The van der Waals surface area contributed by atoms with Crippen LogP contribution in [0.2, 0.25) is 0 Å². The Morgan fingerprint density at radius 2 is 1.19 bits per heavy atom. The topological polar surface area (TPSA) is 112 Å². The number of benzene rings is 3. The predicted octanol–water partition coefficient (Wildman–Crippen LogP) is 4.88. The molecule has 3 rings (SSSR count). The van der Waals surface area contributed by atoms with Crippen LogP contribution >= 0.6 is 0 Å². The van der Waals surface area contributed by atoms with Crippen LogP contribution in [0.4, 0.5) is 0 Å². The standard InChI is InChI=1S/C28H23NO7/c1-2-26(30)34-18-4-3-17-33-23-11-9-22(10-12-23)28(32)36-25-15-13-24(14-16-25)35-27(31)21-7-5-20(19-29)6-8-21/h2,5-16H,1,3-4,17-18H2. The summed E-state index contributed by atoms with van der Waals surface area (Å²) < 4.78 is 21.2. The number of nitriles is 1. The van der Waals surface area contributed by atoms with Crippen LogP contribution < -0.4 is 14.2 Å². The Kier molecular flexibility index (Phi) is 9.36. The fraction of sp³-hybridized carbons (Fsp3) is 0.143. The van der Waals surface area contributed by atoms with Gasteiger partial charge in [-0.2, -0.15) is 5.26 Å². The molecule has 3 aromatic rings. The summed E-state index contributed by atoms with van der Waals surface area (Å²) in [6.45, 7) is 4.08. The summed E-state index contributed by atoms with van der Waals surface area (Å²) in [6.07, 6.45) is 2.49. The molecule has 0 N–H and O–H groups in total. The summed E-state index contributed by atoms with van der Waals surface area (Å²) in [5.74, 6) is -0.392. The molecule has 0 aliphatic carbocycles. The average molecular weight is 485 g/mol. The van der Waals surface area contributed by atoms with Gasteiger partial charge in [0, 0.05) is 6.08 Å². The van der Waals surface area contributed by atoms with Crippen molar-refractivity contribution in [3.63, 3.8) is 0 Å². The smallest absolute Gasteiger partial charge is 0.343 e. The van der Waals surface area contributed by atoms with E-state index in [4.69, 9.17) is 24.2 Å². The van der Waals surface area contributed by atoms with Crippen LogP contribution in [-0.4, -0.2) is 31.1 Å². The second-order valence-corrected chi connectivity index (χ2v) is 7.39. The Morgan fingerprint density at radius 3 is 1.69 bits per heavy atom. The van der Waals surface area contributed by atoms with Crippen LogP contribution in [0.5, 0.6) is 17.2 Å². The van der Waals surface area contributed by atoms with Crippen LogP contribution in [0.15, 0.2) is 85.5 Å². The van der Waals surface area contributed by atoms with E-state index in [1.54, 1.807) is 24.3 Å². The average Bonchev–Trinajstić information content (AvgIpc) is 2.91. The molecule has 0 aliphatic rings. The number of hydrogen-bond donors (Lipinski definition) is 0. The third-order valence-electron chi connectivity index (χ3n) is 4.80. The third-order valence-corrected chi connectivity index (χ3v) is 4.80. The Bertz CT molecular complexity index is 1240. The van der Waals surface area contributed by atoms with Gasteiger partial charge in [-0.15, -0.1) is 0 Å². The van der Waals surface area contributed by atoms with Gasteiger partial charge in [0.25, 0.3) is 0 Å². The quantitative estimate of drug-likeness (QED) is 0.163. The van der Waals surface area contributed by atoms with Crippen molar-refractivity contribution in [1.29, 1.82) is 5.26 Å². The maximum atomic E-state index is 12.4. The maximum absolute atomic E-state index is 12.4. The molecule has 0 saturated heterocycles. The SMILES string of the molecule is C=CC(=O)OCCCCOc1ccc(C(=O)Oc2ccc(OC(=O)c3ccc(C#N)cc3)cc2)cc1. The van der Waals surface area contributed by atoms with Crippen LogP contribution in [-0.2, 0) is 9.53 Å². The van der Waals surface area contributed by atoms with Crippen molar-refractivity contribution in [3.8, 4) is 23.3 Å². The van der Waals surface area contributed by atoms with Crippen molar-refractivity contribution in [2.45, 2.75) is 12.8 Å². The van der Waals surface area contributed by atoms with E-state index >= 15 is 0 Å². The fourth-order valence-electron chi connectivity index (χ4n) is 2.90. The zero-order chi connectivity index (χ0) is 25.8. The van der Waals surface area contributed by atoms with E-state index in [0.717, 1.165) is 6.08 Å². The molecule has 0 heterocycles. The number of rotatable bonds is 11. The van der Waals surface area contributed by atoms with E-state index in [2.05, 4.69) is 6.58 Å². The first kappa shape index (κ1) is 25.7. The van der Waals surface area contributed by atoms with E-state index in [9.17, 15) is 14.4 Å². The molecule has 0 amide bonds. The largest absolute Gasteiger partial charge is 0.494 e. The first-order valence-corrected chi connectivity index (χ1v) is 11.0. The molecule has 0 fully saturated rings. The van der Waals surface area contributed by atoms with Gasteiger partial charge in [0.05, 0.1) is 36.0 Å². The van der Waals surface area contributed by atoms with Gasteiger partial charge in [-0.05, 0) is 85.6 Å². The van der Waals surface area contributed by atoms with Gasteiger partial charge >= 0.3 is 17.9 Å². The molecule has 36 heavy (non-hydrogen) atoms. The summed E-state index contributed by atoms with van der Waals surface area (Å²) >= 11 is 0. The molecule has 0 unspecified atom stereocenters. The molecule has 0 radical (unpaired) electrons. The van der Waals surface area contributed by atoms with Gasteiger partial charge in [0.2, 0.25) is 0 Å². The van der Waals surface area contributed by atoms with Gasteiger partial charge in [-0.1, -0.05) is 6.58 Å². The van der Waals surface area contributed by atoms with Crippen LogP contribution in [0.1, 0.15) is 39.1 Å². The number of esters is 3. The lowest BCUT2D eigenvalue weighted by Gasteiger charge is -2.08. The zero-order valence-electron chi connectivity index (χ0n) is 19.3. The number of carbonyl (C=O) groups excluding carboxylic acids is 3. The maximum Gasteiger partial charge on any atom is 0.343 e. The van der Waals surface area contributed by atoms with E-state index in [1.807, 2.05) is 6.07 Å². The van der Waals surface area contributed by atoms with Gasteiger partial charge in [0.15, 0.2) is 0 Å². The highest BCUT2D eigenvalue weighted by Gasteiger charge is 2.11. The number of hydrogen-bond acceptors (Lipinski definition) is 8. The molecule has 8 nitrogen and oxygen atoms in total. The van der Waals surface area contributed by atoms with Crippen LogP contribution in [0, 0.1) is 11.3 Å². The van der Waals surface area contributed by atoms with Gasteiger partial charge in [0.1, 0.15) is 17.2 Å². The van der Waals surface area contributed by atoms with Crippen molar-refractivity contribution in [3.05, 3.63) is 102 Å². The third kappa shape index (κ3) is 7.85. The molecule has 0 aromatic heterocycles. The van der Waals surface area contributed by atoms with E-state index < -0.39 is 17.9 Å². The van der Waals surface area contributed by atoms with E-state index in [0.29, 0.717) is 48.5 Å². The Labute approximate surface area is 208 Å². The minimum Gasteiger partial charge on any atom is -0.494 e. The molecule has 8 heteroatoms. The lowest BCUT2D eigenvalue weighted by Crippen LogP contribution is -2.09. The van der Waals surface area contributed by atoms with Crippen molar-refractivity contribution < 1.29 is 33.3 Å². The Hall–Kier alpha value is -4.90. The fourth-order valence-corrected chi connectivity index (χ4v) is 2.90. The van der Waals surface area contributed by atoms with Crippen molar-refractivity contribution >= 4 is 17.9 Å². The number of carbonyl (C=O) groups is 3. The number of ether oxygens (including phenoxy) is 4. The van der Waals surface area contributed by atoms with Crippen molar-refractivity contribution in [2.24, 2.45) is 0 Å². The van der Waals surface area contributed by atoms with E-state index in [1.165, 1.54) is 48.5 Å². The molecular weight excluding hydrogens is 462 g/mol. The molecule has 0 bridgehead atoms. The Morgan fingerprint density at radius 1 is 0.722 bits per heavy atom. The molecule has 182 valence electrons. The summed E-state index contributed by atoms with van der Waals surface area (Å²) in [5.41, 5.74) is 1.10.